The number of aryl methyl sites for hydroxylation is 1. The molecule has 174 valence electrons. The van der Waals surface area contributed by atoms with E-state index in [-0.39, 0.29) is 0 Å². The lowest BCUT2D eigenvalue weighted by Gasteiger charge is -2.36. The van der Waals surface area contributed by atoms with Gasteiger partial charge in [-0.3, -0.25) is 15.6 Å². The van der Waals surface area contributed by atoms with E-state index in [4.69, 9.17) is 14.3 Å². The van der Waals surface area contributed by atoms with Crippen LogP contribution in [0.25, 0.3) is 0 Å². The molecule has 0 heterocycles. The van der Waals surface area contributed by atoms with E-state index >= 15 is 0 Å². The molecule has 1 unspecified atom stereocenters. The number of nitrogens with one attached hydrogen (secondary N) is 2. The molecule has 0 aromatic heterocycles. The summed E-state index contributed by atoms with van der Waals surface area (Å²) in [6.07, 6.45) is 0.125. The predicted molar refractivity (Wildman–Crippen MR) is 122 cm³/mol. The Balaban J connectivity index is 0.00000263. The fraction of sp³-hybridized carbons (Fsp3) is 0.696. The third kappa shape index (κ3) is 10.7. The summed E-state index contributed by atoms with van der Waals surface area (Å²) in [6, 6.07) is 5.48. The van der Waals surface area contributed by atoms with Crippen molar-refractivity contribution in [2.24, 2.45) is 0 Å². The van der Waals surface area contributed by atoms with Gasteiger partial charge in [0.25, 0.3) is 0 Å². The number of amides is 1. The van der Waals surface area contributed by atoms with Gasteiger partial charge in [-0.2, -0.15) is 0 Å². The SMILES string of the molecule is CCC.Cc1ccc(NOC(C)(C)C(C)(C)O)cc1OC(C)NC(=O)OC(C)(C)C. The summed E-state index contributed by atoms with van der Waals surface area (Å²) in [6.45, 7) is 20.2. The van der Waals surface area contributed by atoms with Crippen molar-refractivity contribution in [2.75, 3.05) is 5.48 Å². The number of carbonyl (C=O) groups excluding carboxylic acids is 1. The zero-order valence-electron chi connectivity index (χ0n) is 20.6. The van der Waals surface area contributed by atoms with Gasteiger partial charge in [0, 0.05) is 6.07 Å². The van der Waals surface area contributed by atoms with Crippen LogP contribution in [0.15, 0.2) is 18.2 Å². The zero-order valence-corrected chi connectivity index (χ0v) is 20.6. The minimum absolute atomic E-state index is 0.544. The van der Waals surface area contributed by atoms with E-state index in [9.17, 15) is 9.90 Å². The van der Waals surface area contributed by atoms with E-state index < -0.39 is 29.1 Å². The second-order valence-corrected chi connectivity index (χ2v) is 9.37. The number of ether oxygens (including phenoxy) is 2. The van der Waals surface area contributed by atoms with Crippen LogP contribution < -0.4 is 15.5 Å². The van der Waals surface area contributed by atoms with Gasteiger partial charge < -0.3 is 14.6 Å². The molecular weight excluding hydrogens is 384 g/mol. The topological polar surface area (TPSA) is 89.0 Å². The van der Waals surface area contributed by atoms with Crippen LogP contribution in [0.5, 0.6) is 5.75 Å². The van der Waals surface area contributed by atoms with Gasteiger partial charge in [-0.25, -0.2) is 4.79 Å². The summed E-state index contributed by atoms with van der Waals surface area (Å²) in [5.41, 5.74) is 2.00. The summed E-state index contributed by atoms with van der Waals surface area (Å²) < 4.78 is 11.0. The first-order valence-electron chi connectivity index (χ1n) is 10.5. The zero-order chi connectivity index (χ0) is 23.8. The second kappa shape index (κ2) is 11.4. The summed E-state index contributed by atoms with van der Waals surface area (Å²) in [5.74, 6) is 0.591. The van der Waals surface area contributed by atoms with Crippen LogP contribution in [-0.2, 0) is 9.57 Å². The van der Waals surface area contributed by atoms with Crippen molar-refractivity contribution in [1.82, 2.24) is 5.32 Å². The van der Waals surface area contributed by atoms with Crippen molar-refractivity contribution in [1.29, 1.82) is 0 Å². The molecule has 1 atom stereocenters. The third-order valence-electron chi connectivity index (χ3n) is 4.11. The van der Waals surface area contributed by atoms with Crippen molar-refractivity contribution in [3.05, 3.63) is 23.8 Å². The van der Waals surface area contributed by atoms with Gasteiger partial charge in [0.1, 0.15) is 17.0 Å². The lowest BCUT2D eigenvalue weighted by molar-refractivity contribution is -0.130. The fourth-order valence-corrected chi connectivity index (χ4v) is 1.80. The normalized spacial score (nSPS) is 12.9. The first-order valence-corrected chi connectivity index (χ1v) is 10.5. The Hall–Kier alpha value is -1.99. The predicted octanol–water partition coefficient (Wildman–Crippen LogP) is 5.55. The van der Waals surface area contributed by atoms with E-state index in [1.807, 2.05) is 19.1 Å². The molecule has 3 N–H and O–H groups in total. The summed E-state index contributed by atoms with van der Waals surface area (Å²) in [5, 5.41) is 12.8. The van der Waals surface area contributed by atoms with Crippen molar-refractivity contribution in [3.8, 4) is 5.75 Å². The monoisotopic (exact) mass is 426 g/mol. The molecule has 0 radical (unpaired) electrons. The second-order valence-electron chi connectivity index (χ2n) is 9.37. The van der Waals surface area contributed by atoms with Crippen LogP contribution in [-0.4, -0.2) is 34.2 Å². The number of alkyl carbamates (subject to hydrolysis) is 1. The highest BCUT2D eigenvalue weighted by Crippen LogP contribution is 2.28. The highest BCUT2D eigenvalue weighted by molar-refractivity contribution is 5.67. The number of benzene rings is 1. The molecule has 0 aliphatic carbocycles. The Bertz CT molecular complexity index is 661. The van der Waals surface area contributed by atoms with E-state index in [2.05, 4.69) is 24.6 Å². The molecular formula is C23H42N2O5. The van der Waals surface area contributed by atoms with Gasteiger partial charge in [0.2, 0.25) is 0 Å². The van der Waals surface area contributed by atoms with Crippen LogP contribution in [0.2, 0.25) is 0 Å². The Morgan fingerprint density at radius 2 is 1.63 bits per heavy atom. The summed E-state index contributed by atoms with van der Waals surface area (Å²) in [4.78, 5) is 17.5. The molecule has 0 spiro atoms. The highest BCUT2D eigenvalue weighted by Gasteiger charge is 2.37. The molecule has 0 saturated heterocycles. The molecule has 1 amide bonds. The molecule has 0 aliphatic heterocycles. The van der Waals surface area contributed by atoms with Crippen molar-refractivity contribution in [3.63, 3.8) is 0 Å². The summed E-state index contributed by atoms with van der Waals surface area (Å²) >= 11 is 0. The maximum Gasteiger partial charge on any atom is 0.410 e. The van der Waals surface area contributed by atoms with E-state index in [1.165, 1.54) is 6.42 Å². The number of carbonyl (C=O) groups is 1. The van der Waals surface area contributed by atoms with Crippen molar-refractivity contribution < 1.29 is 24.2 Å². The lowest BCUT2D eigenvalue weighted by Crippen LogP contribution is -2.48. The Labute approximate surface area is 182 Å². The number of rotatable bonds is 7. The van der Waals surface area contributed by atoms with Gasteiger partial charge in [-0.05, 0) is 73.9 Å². The van der Waals surface area contributed by atoms with Crippen molar-refractivity contribution >= 4 is 11.8 Å². The number of anilines is 1. The molecule has 1 aromatic rings. The maximum atomic E-state index is 11.8. The van der Waals surface area contributed by atoms with Crippen LogP contribution in [0.3, 0.4) is 0 Å². The van der Waals surface area contributed by atoms with Gasteiger partial charge in [-0.15, -0.1) is 0 Å². The van der Waals surface area contributed by atoms with E-state index in [0.29, 0.717) is 11.4 Å². The molecule has 1 aromatic carbocycles. The molecule has 0 saturated carbocycles. The third-order valence-corrected chi connectivity index (χ3v) is 4.11. The number of hydrogen-bond donors (Lipinski definition) is 3. The molecule has 7 nitrogen and oxygen atoms in total. The standard InChI is InChI=1S/C20H34N2O5.C3H8/c1-13-10-11-15(22-27-20(8,9)19(6,7)24)12-16(13)25-14(2)21-17(23)26-18(3,4)5;1-3-2/h10-12,14,22,24H,1-9H3,(H,21,23);3H2,1-2H3. The van der Waals surface area contributed by atoms with E-state index in [0.717, 1.165) is 5.56 Å². The highest BCUT2D eigenvalue weighted by atomic mass is 16.7. The molecule has 0 aliphatic rings. The van der Waals surface area contributed by atoms with Crippen molar-refractivity contribution in [2.45, 2.75) is 106 Å². The van der Waals surface area contributed by atoms with Crippen LogP contribution in [0.1, 0.15) is 81.2 Å². The first-order chi connectivity index (χ1) is 13.5. The van der Waals surface area contributed by atoms with Gasteiger partial charge in [0.15, 0.2) is 6.23 Å². The summed E-state index contributed by atoms with van der Waals surface area (Å²) in [7, 11) is 0. The molecule has 1 rings (SSSR count). The minimum atomic E-state index is -1.03. The van der Waals surface area contributed by atoms with Crippen LogP contribution in [0.4, 0.5) is 10.5 Å². The lowest BCUT2D eigenvalue weighted by atomic mass is 9.90. The number of aliphatic hydroxyl groups is 1. The molecule has 30 heavy (non-hydrogen) atoms. The molecule has 0 fully saturated rings. The average Bonchev–Trinajstić information content (AvgIpc) is 2.53. The fourth-order valence-electron chi connectivity index (χ4n) is 1.80. The smallest absolute Gasteiger partial charge is 0.410 e. The Kier molecular flexibility index (Phi) is 10.7. The first kappa shape index (κ1) is 28.0. The molecule has 0 bridgehead atoms. The molecule has 7 heteroatoms. The maximum absolute atomic E-state index is 11.8. The van der Waals surface area contributed by atoms with Crippen LogP contribution in [0, 0.1) is 6.92 Å². The minimum Gasteiger partial charge on any atom is -0.471 e. The van der Waals surface area contributed by atoms with Gasteiger partial charge in [-0.1, -0.05) is 26.3 Å². The van der Waals surface area contributed by atoms with E-state index in [1.54, 1.807) is 61.5 Å². The van der Waals surface area contributed by atoms with Crippen LogP contribution >= 0.6 is 0 Å². The van der Waals surface area contributed by atoms with Gasteiger partial charge >= 0.3 is 6.09 Å². The number of hydrogen-bond acceptors (Lipinski definition) is 6. The Morgan fingerprint density at radius 3 is 2.10 bits per heavy atom. The average molecular weight is 427 g/mol. The largest absolute Gasteiger partial charge is 0.471 e. The Morgan fingerprint density at radius 1 is 1.10 bits per heavy atom. The van der Waals surface area contributed by atoms with Gasteiger partial charge in [0.05, 0.1) is 11.3 Å². The quantitative estimate of drug-likeness (QED) is 0.391.